The molecule has 3 aromatic carbocycles. The zero-order chi connectivity index (χ0) is 21.7. The van der Waals surface area contributed by atoms with E-state index in [-0.39, 0.29) is 17.0 Å². The Kier molecular flexibility index (Phi) is 6.64. The lowest BCUT2D eigenvalue weighted by molar-refractivity contribution is 0.102. The second-order valence-corrected chi connectivity index (χ2v) is 8.90. The Morgan fingerprint density at radius 2 is 1.67 bits per heavy atom. The predicted molar refractivity (Wildman–Crippen MR) is 115 cm³/mol. The van der Waals surface area contributed by atoms with E-state index < -0.39 is 21.7 Å². The minimum absolute atomic E-state index is 0.142. The van der Waals surface area contributed by atoms with Crippen LogP contribution in [0.4, 0.5) is 10.1 Å². The van der Waals surface area contributed by atoms with Crippen LogP contribution in [0.25, 0.3) is 0 Å². The summed E-state index contributed by atoms with van der Waals surface area (Å²) in [5.41, 5.74) is 1.96. The van der Waals surface area contributed by atoms with Crippen molar-refractivity contribution in [3.05, 3.63) is 95.3 Å². The Labute approximate surface area is 176 Å². The number of amides is 1. The summed E-state index contributed by atoms with van der Waals surface area (Å²) < 4.78 is 41.4. The number of hydrogen-bond acceptors (Lipinski definition) is 3. The molecule has 0 radical (unpaired) electrons. The summed E-state index contributed by atoms with van der Waals surface area (Å²) in [5.74, 6) is -1.48. The SMILES string of the molecule is CCc1ccccc1NC(=O)c1cc(S(=O)(=O)N(C)Cc2ccccc2)ccc1F. The van der Waals surface area contributed by atoms with Crippen molar-refractivity contribution >= 4 is 21.6 Å². The van der Waals surface area contributed by atoms with E-state index in [1.54, 1.807) is 12.1 Å². The van der Waals surface area contributed by atoms with Gasteiger partial charge in [0.05, 0.1) is 10.5 Å². The number of sulfonamides is 1. The van der Waals surface area contributed by atoms with Crippen LogP contribution in [0, 0.1) is 5.82 Å². The zero-order valence-corrected chi connectivity index (χ0v) is 17.6. The molecule has 0 aliphatic heterocycles. The van der Waals surface area contributed by atoms with Crippen LogP contribution in [0.5, 0.6) is 0 Å². The average molecular weight is 427 g/mol. The molecule has 0 aromatic heterocycles. The van der Waals surface area contributed by atoms with Crippen LogP contribution in [0.2, 0.25) is 0 Å². The van der Waals surface area contributed by atoms with Crippen LogP contribution < -0.4 is 5.32 Å². The van der Waals surface area contributed by atoms with Gasteiger partial charge in [-0.15, -0.1) is 0 Å². The topological polar surface area (TPSA) is 66.5 Å². The van der Waals surface area contributed by atoms with E-state index in [1.807, 2.05) is 49.4 Å². The van der Waals surface area contributed by atoms with Crippen LogP contribution in [-0.4, -0.2) is 25.7 Å². The highest BCUT2D eigenvalue weighted by Gasteiger charge is 2.24. The zero-order valence-electron chi connectivity index (χ0n) is 16.8. The number of para-hydroxylation sites is 1. The van der Waals surface area contributed by atoms with Gasteiger partial charge < -0.3 is 5.32 Å². The van der Waals surface area contributed by atoms with E-state index >= 15 is 0 Å². The molecule has 0 unspecified atom stereocenters. The van der Waals surface area contributed by atoms with Gasteiger partial charge in [-0.2, -0.15) is 4.31 Å². The number of aryl methyl sites for hydroxylation is 1. The van der Waals surface area contributed by atoms with Gasteiger partial charge in [-0.3, -0.25) is 4.79 Å². The van der Waals surface area contributed by atoms with Crippen LogP contribution in [0.1, 0.15) is 28.4 Å². The third-order valence-electron chi connectivity index (χ3n) is 4.79. The van der Waals surface area contributed by atoms with E-state index in [4.69, 9.17) is 0 Å². The van der Waals surface area contributed by atoms with Gasteiger partial charge in [0.25, 0.3) is 5.91 Å². The Morgan fingerprint density at radius 1 is 1.00 bits per heavy atom. The maximum absolute atomic E-state index is 14.4. The highest BCUT2D eigenvalue weighted by molar-refractivity contribution is 7.89. The lowest BCUT2D eigenvalue weighted by Crippen LogP contribution is -2.27. The summed E-state index contributed by atoms with van der Waals surface area (Å²) in [5, 5.41) is 2.68. The van der Waals surface area contributed by atoms with E-state index in [1.165, 1.54) is 17.4 Å². The molecular formula is C23H23FN2O3S. The Balaban J connectivity index is 1.87. The van der Waals surface area contributed by atoms with E-state index in [0.29, 0.717) is 12.1 Å². The minimum atomic E-state index is -3.91. The average Bonchev–Trinajstić information content (AvgIpc) is 2.75. The highest BCUT2D eigenvalue weighted by Crippen LogP contribution is 2.22. The van der Waals surface area contributed by atoms with Gasteiger partial charge in [0.2, 0.25) is 10.0 Å². The quantitative estimate of drug-likeness (QED) is 0.607. The summed E-state index contributed by atoms with van der Waals surface area (Å²) >= 11 is 0. The summed E-state index contributed by atoms with van der Waals surface area (Å²) in [6.07, 6.45) is 0.692. The molecule has 1 N–H and O–H groups in total. The maximum atomic E-state index is 14.4. The molecule has 0 atom stereocenters. The lowest BCUT2D eigenvalue weighted by atomic mass is 10.1. The standard InChI is InChI=1S/C23H23FN2O3S/c1-3-18-11-7-8-12-22(18)25-23(27)20-15-19(13-14-21(20)24)30(28,29)26(2)16-17-9-5-4-6-10-17/h4-15H,3,16H2,1-2H3,(H,25,27). The number of carbonyl (C=O) groups excluding carboxylic acids is 1. The van der Waals surface area contributed by atoms with Crippen molar-refractivity contribution in [3.8, 4) is 0 Å². The second-order valence-electron chi connectivity index (χ2n) is 6.85. The number of nitrogens with one attached hydrogen (secondary N) is 1. The minimum Gasteiger partial charge on any atom is -0.322 e. The fraction of sp³-hybridized carbons (Fsp3) is 0.174. The van der Waals surface area contributed by atoms with E-state index in [0.717, 1.165) is 23.3 Å². The lowest BCUT2D eigenvalue weighted by Gasteiger charge is -2.18. The molecule has 0 aliphatic rings. The van der Waals surface area contributed by atoms with Crippen molar-refractivity contribution in [2.45, 2.75) is 24.8 Å². The molecule has 0 fully saturated rings. The number of anilines is 1. The summed E-state index contributed by atoms with van der Waals surface area (Å²) in [6.45, 7) is 2.10. The first kappa shape index (κ1) is 21.7. The molecule has 3 aromatic rings. The molecule has 156 valence electrons. The fourth-order valence-corrected chi connectivity index (χ4v) is 4.27. The monoisotopic (exact) mass is 426 g/mol. The Morgan fingerprint density at radius 3 is 2.37 bits per heavy atom. The third-order valence-corrected chi connectivity index (χ3v) is 6.58. The van der Waals surface area contributed by atoms with Gasteiger partial charge >= 0.3 is 0 Å². The predicted octanol–water partition coefficient (Wildman–Crippen LogP) is 4.46. The van der Waals surface area contributed by atoms with Crippen LogP contribution in [0.15, 0.2) is 77.7 Å². The molecule has 3 rings (SSSR count). The van der Waals surface area contributed by atoms with Gasteiger partial charge in [-0.05, 0) is 41.8 Å². The number of halogens is 1. The van der Waals surface area contributed by atoms with Gasteiger partial charge in [-0.1, -0.05) is 55.5 Å². The fourth-order valence-electron chi connectivity index (χ4n) is 3.08. The smallest absolute Gasteiger partial charge is 0.258 e. The van der Waals surface area contributed by atoms with Crippen molar-refractivity contribution in [3.63, 3.8) is 0 Å². The summed E-state index contributed by atoms with van der Waals surface area (Å²) in [7, 11) is -2.46. The second kappa shape index (κ2) is 9.19. The third kappa shape index (κ3) is 4.75. The van der Waals surface area contributed by atoms with Gasteiger partial charge in [0.1, 0.15) is 5.82 Å². The Hall–Kier alpha value is -3.03. The number of hydrogen-bond donors (Lipinski definition) is 1. The molecular weight excluding hydrogens is 403 g/mol. The first-order chi connectivity index (χ1) is 14.3. The molecule has 7 heteroatoms. The summed E-state index contributed by atoms with van der Waals surface area (Å²) in [4.78, 5) is 12.5. The van der Waals surface area contributed by atoms with Crippen molar-refractivity contribution in [2.24, 2.45) is 0 Å². The van der Waals surface area contributed by atoms with E-state index in [2.05, 4.69) is 5.32 Å². The number of nitrogens with zero attached hydrogens (tertiary/aromatic N) is 1. The van der Waals surface area contributed by atoms with Crippen molar-refractivity contribution < 1.29 is 17.6 Å². The van der Waals surface area contributed by atoms with Crippen molar-refractivity contribution in [1.29, 1.82) is 0 Å². The largest absolute Gasteiger partial charge is 0.322 e. The number of rotatable bonds is 7. The molecule has 1 amide bonds. The first-order valence-corrected chi connectivity index (χ1v) is 11.0. The number of carbonyl (C=O) groups is 1. The first-order valence-electron chi connectivity index (χ1n) is 9.52. The van der Waals surface area contributed by atoms with Crippen LogP contribution in [0.3, 0.4) is 0 Å². The van der Waals surface area contributed by atoms with Crippen molar-refractivity contribution in [2.75, 3.05) is 12.4 Å². The van der Waals surface area contributed by atoms with Crippen molar-refractivity contribution in [1.82, 2.24) is 4.31 Å². The van der Waals surface area contributed by atoms with Crippen LogP contribution >= 0.6 is 0 Å². The molecule has 0 saturated carbocycles. The molecule has 0 aliphatic carbocycles. The van der Waals surface area contributed by atoms with Gasteiger partial charge in [0, 0.05) is 19.3 Å². The summed E-state index contributed by atoms with van der Waals surface area (Å²) in [6, 6.07) is 19.6. The molecule has 0 bridgehead atoms. The molecule has 30 heavy (non-hydrogen) atoms. The molecule has 0 spiro atoms. The Bertz CT molecular complexity index is 1150. The van der Waals surface area contributed by atoms with E-state index in [9.17, 15) is 17.6 Å². The molecule has 0 saturated heterocycles. The molecule has 5 nitrogen and oxygen atoms in total. The van der Waals surface area contributed by atoms with Gasteiger partial charge in [-0.25, -0.2) is 12.8 Å². The molecule has 0 heterocycles. The maximum Gasteiger partial charge on any atom is 0.258 e. The highest BCUT2D eigenvalue weighted by atomic mass is 32.2. The van der Waals surface area contributed by atoms with Crippen LogP contribution in [-0.2, 0) is 23.0 Å². The number of benzene rings is 3. The normalized spacial score (nSPS) is 11.5. The van der Waals surface area contributed by atoms with Gasteiger partial charge in [0.15, 0.2) is 0 Å².